The monoisotopic (exact) mass is 983 g/mol. The summed E-state index contributed by atoms with van der Waals surface area (Å²) in [5.74, 6) is -0.421. The Morgan fingerprint density at radius 1 is 0.574 bits per heavy atom. The van der Waals surface area contributed by atoms with Gasteiger partial charge in [0.15, 0.2) is 6.29 Å². The summed E-state index contributed by atoms with van der Waals surface area (Å²) in [6, 6.07) is 0. The van der Waals surface area contributed by atoms with Crippen molar-refractivity contribution in [2.45, 2.75) is 256 Å². The van der Waals surface area contributed by atoms with Crippen LogP contribution in [0.4, 0.5) is 0 Å². The highest BCUT2D eigenvalue weighted by Crippen LogP contribution is 2.26. The van der Waals surface area contributed by atoms with Crippen molar-refractivity contribution in [3.8, 4) is 0 Å². The Hall–Kier alpha value is -2.20. The van der Waals surface area contributed by atoms with Crippen molar-refractivity contribution in [2.75, 3.05) is 26.4 Å². The smallest absolute Gasteiger partial charge is 0.397 e. The molecule has 0 spiro atoms. The minimum Gasteiger partial charge on any atom is -0.457 e. The number of hydrogen-bond donors (Lipinski definition) is 4. The molecule has 1 saturated heterocycles. The van der Waals surface area contributed by atoms with Gasteiger partial charge in [-0.2, -0.15) is 8.42 Å². The molecule has 13 heteroatoms. The fraction of sp³-hybridized carbons (Fsp3) is 0.800. The van der Waals surface area contributed by atoms with Crippen LogP contribution in [0, 0.1) is 0 Å². The first-order valence-electron chi connectivity index (χ1n) is 27.0. The van der Waals surface area contributed by atoms with Gasteiger partial charge in [0.05, 0.1) is 26.4 Å². The van der Waals surface area contributed by atoms with Gasteiger partial charge in [-0.1, -0.05) is 229 Å². The number of carbonyl (C=O) groups is 1. The number of rotatable bonds is 47. The van der Waals surface area contributed by atoms with E-state index < -0.39 is 59.8 Å². The van der Waals surface area contributed by atoms with E-state index in [1.54, 1.807) is 0 Å². The van der Waals surface area contributed by atoms with Gasteiger partial charge in [-0.25, -0.2) is 4.18 Å². The lowest BCUT2D eigenvalue weighted by atomic mass is 9.99. The van der Waals surface area contributed by atoms with Crippen molar-refractivity contribution < 1.29 is 56.2 Å². The fourth-order valence-corrected chi connectivity index (χ4v) is 8.66. The number of esters is 1. The maximum atomic E-state index is 12.9. The van der Waals surface area contributed by atoms with E-state index >= 15 is 0 Å². The molecule has 68 heavy (non-hydrogen) atoms. The lowest BCUT2D eigenvalue weighted by Gasteiger charge is -2.41. The lowest BCUT2D eigenvalue weighted by molar-refractivity contribution is -0.301. The van der Waals surface area contributed by atoms with Crippen LogP contribution in [0.1, 0.15) is 219 Å². The highest BCUT2D eigenvalue weighted by atomic mass is 32.3. The summed E-state index contributed by atoms with van der Waals surface area (Å²) < 4.78 is 59.1. The van der Waals surface area contributed by atoms with Gasteiger partial charge in [-0.15, -0.1) is 0 Å². The zero-order valence-electron chi connectivity index (χ0n) is 42.7. The van der Waals surface area contributed by atoms with Crippen LogP contribution >= 0.6 is 0 Å². The van der Waals surface area contributed by atoms with Crippen molar-refractivity contribution in [2.24, 2.45) is 0 Å². The molecule has 1 aliphatic rings. The highest BCUT2D eigenvalue weighted by molar-refractivity contribution is 7.80. The van der Waals surface area contributed by atoms with Crippen LogP contribution in [0.2, 0.25) is 0 Å². The quantitative estimate of drug-likeness (QED) is 0.0197. The van der Waals surface area contributed by atoms with E-state index in [0.29, 0.717) is 19.4 Å². The summed E-state index contributed by atoms with van der Waals surface area (Å²) in [6.07, 6.45) is 50.1. The number of carbonyl (C=O) groups excluding carboxylic acids is 1. The number of hydrogen-bond acceptors (Lipinski definition) is 11. The summed E-state index contributed by atoms with van der Waals surface area (Å²) >= 11 is 0. The first-order chi connectivity index (χ1) is 33.1. The van der Waals surface area contributed by atoms with E-state index in [4.69, 9.17) is 18.9 Å². The number of aliphatic hydroxyl groups excluding tert-OH is 3. The van der Waals surface area contributed by atoms with Crippen LogP contribution in [0.3, 0.4) is 0 Å². The van der Waals surface area contributed by atoms with Crippen LogP contribution in [0.25, 0.3) is 0 Å². The van der Waals surface area contributed by atoms with Crippen LogP contribution in [0.15, 0.2) is 60.8 Å². The maximum absolute atomic E-state index is 12.9. The molecule has 0 aliphatic carbocycles. The summed E-state index contributed by atoms with van der Waals surface area (Å²) in [4.78, 5) is 12.9. The van der Waals surface area contributed by atoms with Crippen LogP contribution in [0.5, 0.6) is 0 Å². The maximum Gasteiger partial charge on any atom is 0.397 e. The Morgan fingerprint density at radius 3 is 1.40 bits per heavy atom. The molecule has 0 aromatic carbocycles. The molecule has 0 bridgehead atoms. The van der Waals surface area contributed by atoms with Gasteiger partial charge in [0.25, 0.3) is 0 Å². The average molecular weight is 983 g/mol. The highest BCUT2D eigenvalue weighted by Gasteiger charge is 2.48. The second kappa shape index (κ2) is 45.9. The number of allylic oxidation sites excluding steroid dienone is 9. The molecule has 1 rings (SSSR count). The molecule has 4 N–H and O–H groups in total. The van der Waals surface area contributed by atoms with Crippen LogP contribution in [-0.4, -0.2) is 97.5 Å². The van der Waals surface area contributed by atoms with Crippen molar-refractivity contribution in [1.82, 2.24) is 0 Å². The summed E-state index contributed by atoms with van der Waals surface area (Å²) in [7, 11) is -5.08. The second-order valence-electron chi connectivity index (χ2n) is 18.4. The molecule has 396 valence electrons. The Labute approximate surface area is 414 Å². The van der Waals surface area contributed by atoms with E-state index in [1.807, 2.05) is 6.08 Å². The first-order valence-corrected chi connectivity index (χ1v) is 28.4. The summed E-state index contributed by atoms with van der Waals surface area (Å²) in [5, 5.41) is 30.8. The van der Waals surface area contributed by atoms with Gasteiger partial charge in [0.1, 0.15) is 30.5 Å². The van der Waals surface area contributed by atoms with E-state index in [0.717, 1.165) is 51.4 Å². The van der Waals surface area contributed by atoms with Gasteiger partial charge in [-0.05, 0) is 44.9 Å². The van der Waals surface area contributed by atoms with E-state index in [-0.39, 0.29) is 19.6 Å². The third-order valence-corrected chi connectivity index (χ3v) is 12.6. The minimum atomic E-state index is -5.08. The SMILES string of the molecule is CC/C=C\C/C=C\C/C=C\C/C=C\C/C=C\CCOCC(COC1OC(CO)C(O)C(OS(=O)(=O)O)C1O)OC(=O)CCCCCCCCCCCCCCCCCCCCCCCCCCC. The topological polar surface area (TPSA) is 178 Å². The van der Waals surface area contributed by atoms with Crippen molar-refractivity contribution in [3.63, 3.8) is 0 Å². The average Bonchev–Trinajstić information content (AvgIpc) is 3.31. The van der Waals surface area contributed by atoms with Gasteiger partial charge in [-0.3, -0.25) is 9.35 Å². The van der Waals surface area contributed by atoms with Crippen molar-refractivity contribution >= 4 is 16.4 Å². The molecule has 0 radical (unpaired) electrons. The predicted octanol–water partition coefficient (Wildman–Crippen LogP) is 12.9. The van der Waals surface area contributed by atoms with E-state index in [2.05, 4.69) is 72.7 Å². The Kier molecular flexibility index (Phi) is 43.1. The number of aliphatic hydroxyl groups is 3. The number of ether oxygens (including phenoxy) is 4. The molecule has 6 unspecified atom stereocenters. The molecular formula is C55H98O12S. The van der Waals surface area contributed by atoms with E-state index in [1.165, 1.54) is 135 Å². The normalized spacial score (nSPS) is 19.8. The third-order valence-electron chi connectivity index (χ3n) is 12.2. The lowest BCUT2D eigenvalue weighted by Crippen LogP contribution is -2.60. The van der Waals surface area contributed by atoms with Crippen molar-refractivity contribution in [1.29, 1.82) is 0 Å². The summed E-state index contributed by atoms with van der Waals surface area (Å²) in [5.41, 5.74) is 0. The Balaban J connectivity index is 2.33. The molecule has 1 heterocycles. The first kappa shape index (κ1) is 63.8. The molecule has 0 saturated carbocycles. The second-order valence-corrected chi connectivity index (χ2v) is 19.5. The van der Waals surface area contributed by atoms with Crippen LogP contribution < -0.4 is 0 Å². The van der Waals surface area contributed by atoms with Crippen molar-refractivity contribution in [3.05, 3.63) is 60.8 Å². The molecule has 12 nitrogen and oxygen atoms in total. The third kappa shape index (κ3) is 38.5. The zero-order valence-corrected chi connectivity index (χ0v) is 43.5. The molecule has 0 aromatic heterocycles. The Bertz CT molecular complexity index is 1410. The van der Waals surface area contributed by atoms with E-state index in [9.17, 15) is 33.1 Å². The zero-order chi connectivity index (χ0) is 49.6. The van der Waals surface area contributed by atoms with Gasteiger partial charge in [0.2, 0.25) is 0 Å². The molecule has 1 fully saturated rings. The molecular weight excluding hydrogens is 885 g/mol. The van der Waals surface area contributed by atoms with Gasteiger partial charge >= 0.3 is 16.4 Å². The number of unbranched alkanes of at least 4 members (excludes halogenated alkanes) is 24. The molecule has 1 aliphatic heterocycles. The largest absolute Gasteiger partial charge is 0.457 e. The molecule has 6 atom stereocenters. The minimum absolute atomic E-state index is 0.0181. The fourth-order valence-electron chi connectivity index (χ4n) is 8.15. The molecule has 0 amide bonds. The van der Waals surface area contributed by atoms with Gasteiger partial charge < -0.3 is 34.3 Å². The Morgan fingerprint density at radius 2 is 0.985 bits per heavy atom. The van der Waals surface area contributed by atoms with Crippen LogP contribution in [-0.2, 0) is 38.3 Å². The summed E-state index contributed by atoms with van der Waals surface area (Å²) in [6.45, 7) is 3.69. The standard InChI is InChI=1S/C55H98O12S/c1-3-5-7-9-11-13-15-17-19-21-22-23-24-25-26-27-28-29-30-32-34-36-38-40-42-44-51(57)65-49(48-64-55-53(59)54(67-68(60,61)62)52(58)50(46-56)66-55)47-63-45-43-41-39-37-35-33-31-20-18-16-14-12-10-8-6-4-2/h6,8,12,14,18,20,33,35,39,41,49-50,52-56,58-59H,3-5,7,9-11,13,15-17,19,21-32,34,36-38,40,42-48H2,1-2H3,(H,60,61,62)/b8-6-,14-12-,20-18-,35-33-,41-39-. The van der Waals surface area contributed by atoms with Gasteiger partial charge in [0, 0.05) is 6.42 Å². The predicted molar refractivity (Wildman–Crippen MR) is 276 cm³/mol. The molecule has 0 aromatic rings.